The predicted octanol–water partition coefficient (Wildman–Crippen LogP) is 8.30. The van der Waals surface area contributed by atoms with Crippen LogP contribution in [0.3, 0.4) is 0 Å². The van der Waals surface area contributed by atoms with Gasteiger partial charge >= 0.3 is 5.97 Å². The lowest BCUT2D eigenvalue weighted by atomic mass is 9.48. The average molecular weight is 489 g/mol. The van der Waals surface area contributed by atoms with Gasteiger partial charge in [-0.25, -0.2) is 4.79 Å². The van der Waals surface area contributed by atoms with E-state index in [-0.39, 0.29) is 10.5 Å². The molecule has 0 aliphatic heterocycles. The van der Waals surface area contributed by atoms with Crippen LogP contribution in [-0.2, 0) is 10.2 Å². The van der Waals surface area contributed by atoms with E-state index in [0.29, 0.717) is 0 Å². The van der Waals surface area contributed by atoms with E-state index in [1.807, 2.05) is 12.1 Å². The van der Waals surface area contributed by atoms with Gasteiger partial charge in [-0.3, -0.25) is 0 Å². The van der Waals surface area contributed by atoms with Crippen LogP contribution in [0.15, 0.2) is 48.5 Å². The lowest BCUT2D eigenvalue weighted by Gasteiger charge is -2.57. The molecule has 2 aromatic carbocycles. The Hall–Kier alpha value is -2.33. The number of carbonyl (C=O) groups is 1. The standard InChI is InChI=1S/C31H40O3Si/c1-30(2,3)35(4,5)34-28-12-11-26(25-9-6-21(7-10-25)8-13-29(32)33)17-27(28)31-18-22-14-23(19-31)16-24(15-22)20-31/h6-13,17,22-24H,14-16,18-20H2,1-5H3,(H,32,33). The third-order valence-corrected chi connectivity index (χ3v) is 13.8. The SMILES string of the molecule is CC(C)(C)[Si](C)(C)Oc1ccc(-c2ccc(C=CC(=O)O)cc2)cc1C12CC3CC(CC(C3)C1)C2. The molecule has 0 unspecified atom stereocenters. The monoisotopic (exact) mass is 488 g/mol. The normalized spacial score (nSPS) is 28.0. The first kappa shape index (κ1) is 24.4. The Morgan fingerprint density at radius 2 is 1.49 bits per heavy atom. The summed E-state index contributed by atoms with van der Waals surface area (Å²) in [5.41, 5.74) is 5.01. The quantitative estimate of drug-likeness (QED) is 0.328. The van der Waals surface area contributed by atoms with Gasteiger partial charge in [0, 0.05) is 6.08 Å². The van der Waals surface area contributed by atoms with Gasteiger partial charge in [0.05, 0.1) is 0 Å². The first-order chi connectivity index (χ1) is 16.4. The van der Waals surface area contributed by atoms with Gasteiger partial charge in [-0.1, -0.05) is 51.1 Å². The maximum absolute atomic E-state index is 10.9. The highest BCUT2D eigenvalue weighted by molar-refractivity contribution is 6.74. The Morgan fingerprint density at radius 1 is 0.943 bits per heavy atom. The Kier molecular flexibility index (Phi) is 6.02. The van der Waals surface area contributed by atoms with Crippen molar-refractivity contribution in [1.82, 2.24) is 0 Å². The Morgan fingerprint density at radius 3 is 2.00 bits per heavy atom. The van der Waals surface area contributed by atoms with Crippen molar-refractivity contribution in [3.63, 3.8) is 0 Å². The van der Waals surface area contributed by atoms with Crippen LogP contribution in [0.2, 0.25) is 18.1 Å². The number of rotatable bonds is 6. The van der Waals surface area contributed by atoms with Crippen LogP contribution >= 0.6 is 0 Å². The number of hydrogen-bond donors (Lipinski definition) is 1. The van der Waals surface area contributed by atoms with Gasteiger partial charge in [0.1, 0.15) is 5.75 Å². The molecule has 1 N–H and O–H groups in total. The van der Waals surface area contributed by atoms with Crippen LogP contribution in [0.1, 0.15) is 70.4 Å². The highest BCUT2D eigenvalue weighted by Gasteiger charge is 2.53. The van der Waals surface area contributed by atoms with E-state index in [9.17, 15) is 4.79 Å². The topological polar surface area (TPSA) is 46.5 Å². The van der Waals surface area contributed by atoms with Gasteiger partial charge in [-0.2, -0.15) is 0 Å². The second kappa shape index (κ2) is 8.65. The Balaban J connectivity index is 1.55. The minimum atomic E-state index is -1.97. The fraction of sp³-hybridized carbons (Fsp3) is 0.516. The van der Waals surface area contributed by atoms with Gasteiger partial charge < -0.3 is 9.53 Å². The molecule has 186 valence electrons. The summed E-state index contributed by atoms with van der Waals surface area (Å²) in [6.07, 6.45) is 11.1. The molecular formula is C31H40O3Si. The summed E-state index contributed by atoms with van der Waals surface area (Å²) < 4.78 is 7.03. The summed E-state index contributed by atoms with van der Waals surface area (Å²) in [7, 11) is -1.97. The van der Waals surface area contributed by atoms with E-state index < -0.39 is 14.3 Å². The molecule has 3 nitrogen and oxygen atoms in total. The highest BCUT2D eigenvalue weighted by atomic mass is 28.4. The van der Waals surface area contributed by atoms with Crippen LogP contribution in [-0.4, -0.2) is 19.4 Å². The van der Waals surface area contributed by atoms with Crippen LogP contribution in [0.25, 0.3) is 17.2 Å². The predicted molar refractivity (Wildman–Crippen MR) is 146 cm³/mol. The Labute approximate surface area is 211 Å². The summed E-state index contributed by atoms with van der Waals surface area (Å²) in [6.45, 7) is 11.7. The molecular weight excluding hydrogens is 448 g/mol. The van der Waals surface area contributed by atoms with Crippen molar-refractivity contribution in [2.24, 2.45) is 17.8 Å². The maximum atomic E-state index is 10.9. The van der Waals surface area contributed by atoms with Crippen molar-refractivity contribution in [2.45, 2.75) is 82.8 Å². The highest BCUT2D eigenvalue weighted by Crippen LogP contribution is 2.62. The molecule has 4 saturated carbocycles. The average Bonchev–Trinajstić information content (AvgIpc) is 2.76. The molecule has 35 heavy (non-hydrogen) atoms. The first-order valence-electron chi connectivity index (χ1n) is 13.3. The van der Waals surface area contributed by atoms with Crippen molar-refractivity contribution < 1.29 is 14.3 Å². The molecule has 0 saturated heterocycles. The fourth-order valence-corrected chi connectivity index (χ4v) is 8.07. The van der Waals surface area contributed by atoms with E-state index >= 15 is 0 Å². The van der Waals surface area contributed by atoms with Crippen LogP contribution in [0, 0.1) is 17.8 Å². The largest absolute Gasteiger partial charge is 0.543 e. The molecule has 6 rings (SSSR count). The van der Waals surface area contributed by atoms with Crippen LogP contribution in [0.4, 0.5) is 0 Å². The third kappa shape index (κ3) is 4.74. The minimum Gasteiger partial charge on any atom is -0.543 e. The second-order valence-corrected chi connectivity index (χ2v) is 17.8. The van der Waals surface area contributed by atoms with Crippen LogP contribution in [0.5, 0.6) is 5.75 Å². The summed E-state index contributed by atoms with van der Waals surface area (Å²) in [5.74, 6) is 2.85. The molecule has 0 spiro atoms. The maximum Gasteiger partial charge on any atom is 0.328 e. The van der Waals surface area contributed by atoms with Crippen molar-refractivity contribution in [2.75, 3.05) is 0 Å². The van der Waals surface area contributed by atoms with Crippen molar-refractivity contribution in [3.05, 3.63) is 59.7 Å². The summed E-state index contributed by atoms with van der Waals surface area (Å²) >= 11 is 0. The van der Waals surface area contributed by atoms with Gasteiger partial charge in [0.2, 0.25) is 8.32 Å². The second-order valence-electron chi connectivity index (χ2n) is 13.1. The van der Waals surface area contributed by atoms with Crippen LogP contribution < -0.4 is 4.43 Å². The lowest BCUT2D eigenvalue weighted by Crippen LogP contribution is -2.49. The number of benzene rings is 2. The summed E-state index contributed by atoms with van der Waals surface area (Å²) in [6, 6.07) is 15.1. The zero-order chi connectivity index (χ0) is 25.0. The molecule has 0 heterocycles. The Bertz CT molecular complexity index is 1100. The van der Waals surface area contributed by atoms with Gasteiger partial charge in [0.15, 0.2) is 0 Å². The molecule has 2 aromatic rings. The van der Waals surface area contributed by atoms with E-state index in [4.69, 9.17) is 9.53 Å². The molecule has 0 atom stereocenters. The van der Waals surface area contributed by atoms with Gasteiger partial charge in [0.25, 0.3) is 0 Å². The van der Waals surface area contributed by atoms with Gasteiger partial charge in [-0.05, 0) is 120 Å². The molecule has 4 bridgehead atoms. The summed E-state index contributed by atoms with van der Waals surface area (Å²) in [5, 5.41) is 9.07. The third-order valence-electron chi connectivity index (χ3n) is 9.42. The molecule has 0 amide bonds. The van der Waals surface area contributed by atoms with Crippen molar-refractivity contribution in [1.29, 1.82) is 0 Å². The van der Waals surface area contributed by atoms with Crippen molar-refractivity contribution in [3.8, 4) is 16.9 Å². The minimum absolute atomic E-state index is 0.156. The number of aliphatic carboxylic acids is 1. The summed E-state index contributed by atoms with van der Waals surface area (Å²) in [4.78, 5) is 10.9. The number of carboxylic acid groups (broad SMARTS) is 1. The van der Waals surface area contributed by atoms with E-state index in [2.05, 4.69) is 64.2 Å². The molecule has 4 aliphatic carbocycles. The molecule has 0 aromatic heterocycles. The molecule has 4 aliphatic rings. The smallest absolute Gasteiger partial charge is 0.328 e. The number of carboxylic acids is 1. The zero-order valence-electron chi connectivity index (χ0n) is 21.9. The molecule has 4 heteroatoms. The molecule has 0 radical (unpaired) electrons. The van der Waals surface area contributed by atoms with E-state index in [1.54, 1.807) is 6.08 Å². The van der Waals surface area contributed by atoms with E-state index in [1.165, 1.54) is 61.3 Å². The van der Waals surface area contributed by atoms with E-state index in [0.717, 1.165) is 29.1 Å². The number of hydrogen-bond acceptors (Lipinski definition) is 2. The van der Waals surface area contributed by atoms with Gasteiger partial charge in [-0.15, -0.1) is 0 Å². The fourth-order valence-electron chi connectivity index (χ4n) is 7.04. The van der Waals surface area contributed by atoms with Crippen molar-refractivity contribution >= 4 is 20.4 Å². The first-order valence-corrected chi connectivity index (χ1v) is 16.2. The molecule has 4 fully saturated rings. The lowest BCUT2D eigenvalue weighted by molar-refractivity contribution is -0.131. The zero-order valence-corrected chi connectivity index (χ0v) is 22.9.